The van der Waals surface area contributed by atoms with Gasteiger partial charge in [-0.15, -0.1) is 0 Å². The molecule has 1 heterocycles. The smallest absolute Gasteiger partial charge is 0 e. The van der Waals surface area contributed by atoms with Crippen LogP contribution in [0.1, 0.15) is 5.56 Å². The summed E-state index contributed by atoms with van der Waals surface area (Å²) in [5.74, 6) is 0. The molecule has 1 radical (unpaired) electrons. The van der Waals surface area contributed by atoms with E-state index in [1.54, 1.807) is 6.20 Å². The number of nitrogens with zero attached hydrogens (tertiary/aromatic N) is 1. The number of aryl methyl sites for hydroxylation is 1. The van der Waals surface area contributed by atoms with Crippen LogP contribution >= 0.6 is 0 Å². The van der Waals surface area contributed by atoms with Crippen molar-refractivity contribution in [2.24, 2.45) is 0 Å². The Kier molecular flexibility index (Phi) is 3.63. The van der Waals surface area contributed by atoms with Crippen molar-refractivity contribution in [2.75, 3.05) is 0 Å². The van der Waals surface area contributed by atoms with Crippen LogP contribution in [0, 0.1) is 13.1 Å². The SMILES string of the molecule is Cc1c[c-]ncc1.[Rh]. The predicted molar refractivity (Wildman–Crippen MR) is 27.8 cm³/mol. The normalized spacial score (nSPS) is 7.62. The monoisotopic (exact) mass is 195 g/mol. The molecular weight excluding hydrogens is 189 g/mol. The Morgan fingerprint density at radius 1 is 1.62 bits per heavy atom. The number of pyridine rings is 1. The van der Waals surface area contributed by atoms with Crippen LogP contribution in [0.15, 0.2) is 18.3 Å². The zero-order chi connectivity index (χ0) is 5.11. The summed E-state index contributed by atoms with van der Waals surface area (Å²) in [4.78, 5) is 3.72. The van der Waals surface area contributed by atoms with Gasteiger partial charge in [0, 0.05) is 19.5 Å². The van der Waals surface area contributed by atoms with Gasteiger partial charge in [0.2, 0.25) is 0 Å². The molecule has 0 saturated carbocycles. The van der Waals surface area contributed by atoms with Crippen LogP contribution in [0.2, 0.25) is 0 Å². The molecule has 8 heavy (non-hydrogen) atoms. The van der Waals surface area contributed by atoms with Gasteiger partial charge in [0.15, 0.2) is 0 Å². The first-order valence-corrected chi connectivity index (χ1v) is 2.18. The number of hydrogen-bond donors (Lipinski definition) is 0. The summed E-state index contributed by atoms with van der Waals surface area (Å²) >= 11 is 0. The van der Waals surface area contributed by atoms with Crippen LogP contribution in [0.25, 0.3) is 0 Å². The van der Waals surface area contributed by atoms with E-state index in [1.807, 2.05) is 19.1 Å². The third kappa shape index (κ3) is 2.18. The van der Waals surface area contributed by atoms with Crippen molar-refractivity contribution in [2.45, 2.75) is 6.92 Å². The fourth-order valence-electron chi connectivity index (χ4n) is 0.385. The maximum Gasteiger partial charge on any atom is 0 e. The third-order valence-corrected chi connectivity index (χ3v) is 0.779. The Hall–Kier alpha value is -0.227. The van der Waals surface area contributed by atoms with E-state index < -0.39 is 0 Å². The van der Waals surface area contributed by atoms with Gasteiger partial charge >= 0.3 is 0 Å². The van der Waals surface area contributed by atoms with Crippen molar-refractivity contribution in [1.29, 1.82) is 0 Å². The molecule has 0 aliphatic carbocycles. The first-order valence-electron chi connectivity index (χ1n) is 2.18. The molecule has 0 aromatic carbocycles. The van der Waals surface area contributed by atoms with E-state index >= 15 is 0 Å². The molecule has 0 aliphatic rings. The zero-order valence-electron chi connectivity index (χ0n) is 4.51. The van der Waals surface area contributed by atoms with E-state index in [-0.39, 0.29) is 19.5 Å². The summed E-state index contributed by atoms with van der Waals surface area (Å²) in [7, 11) is 0. The second-order valence-electron chi connectivity index (χ2n) is 1.46. The summed E-state index contributed by atoms with van der Waals surface area (Å²) in [6.07, 6.45) is 4.44. The van der Waals surface area contributed by atoms with E-state index in [4.69, 9.17) is 0 Å². The quantitative estimate of drug-likeness (QED) is 0.447. The molecule has 1 aromatic rings. The van der Waals surface area contributed by atoms with E-state index in [9.17, 15) is 0 Å². The Morgan fingerprint density at radius 2 is 2.38 bits per heavy atom. The van der Waals surface area contributed by atoms with Crippen LogP contribution in [0.5, 0.6) is 0 Å². The molecule has 0 spiro atoms. The molecule has 0 fully saturated rings. The summed E-state index contributed by atoms with van der Waals surface area (Å²) in [6, 6.07) is 3.79. The molecule has 0 N–H and O–H groups in total. The molecule has 0 aliphatic heterocycles. The average molecular weight is 195 g/mol. The minimum Gasteiger partial charge on any atom is -0.394 e. The molecule has 1 rings (SSSR count). The first-order chi connectivity index (χ1) is 3.39. The largest absolute Gasteiger partial charge is 0.394 e. The van der Waals surface area contributed by atoms with Crippen LogP contribution in [0.3, 0.4) is 0 Å². The fourth-order valence-corrected chi connectivity index (χ4v) is 0.385. The molecular formula is C6H6NRh-. The molecule has 2 heteroatoms. The molecule has 0 amide bonds. The summed E-state index contributed by atoms with van der Waals surface area (Å²) in [6.45, 7) is 2.01. The van der Waals surface area contributed by atoms with Crippen LogP contribution in [-0.4, -0.2) is 4.98 Å². The second kappa shape index (κ2) is 3.74. The molecule has 0 unspecified atom stereocenters. The van der Waals surface area contributed by atoms with Crippen molar-refractivity contribution in [3.05, 3.63) is 30.1 Å². The van der Waals surface area contributed by atoms with Crippen LogP contribution in [-0.2, 0) is 19.5 Å². The van der Waals surface area contributed by atoms with E-state index in [0.717, 1.165) is 0 Å². The van der Waals surface area contributed by atoms with Crippen molar-refractivity contribution in [1.82, 2.24) is 4.98 Å². The molecule has 45 valence electrons. The Balaban J connectivity index is 0.000000490. The van der Waals surface area contributed by atoms with Gasteiger partial charge in [-0.05, 0) is 0 Å². The van der Waals surface area contributed by atoms with Crippen molar-refractivity contribution in [3.8, 4) is 0 Å². The molecule has 0 bridgehead atoms. The molecule has 0 saturated heterocycles. The van der Waals surface area contributed by atoms with E-state index in [1.165, 1.54) is 5.56 Å². The molecule has 1 aromatic heterocycles. The van der Waals surface area contributed by atoms with Gasteiger partial charge in [0.25, 0.3) is 0 Å². The van der Waals surface area contributed by atoms with Crippen molar-refractivity contribution in [3.63, 3.8) is 0 Å². The number of hydrogen-bond acceptors (Lipinski definition) is 1. The first kappa shape index (κ1) is 7.77. The summed E-state index contributed by atoms with van der Waals surface area (Å²) in [5.41, 5.74) is 1.20. The Morgan fingerprint density at radius 3 is 2.62 bits per heavy atom. The van der Waals surface area contributed by atoms with Gasteiger partial charge in [0.1, 0.15) is 0 Å². The minimum atomic E-state index is 0. The summed E-state index contributed by atoms with van der Waals surface area (Å²) < 4.78 is 0. The number of rotatable bonds is 0. The predicted octanol–water partition coefficient (Wildman–Crippen LogP) is 1.19. The van der Waals surface area contributed by atoms with Crippen molar-refractivity contribution < 1.29 is 19.5 Å². The Labute approximate surface area is 61.9 Å². The third-order valence-electron chi connectivity index (χ3n) is 0.779. The van der Waals surface area contributed by atoms with Gasteiger partial charge in [-0.25, -0.2) is 0 Å². The van der Waals surface area contributed by atoms with Gasteiger partial charge in [-0.3, -0.25) is 0 Å². The standard InChI is InChI=1S/C6H6N.Rh/c1-6-2-4-7-5-3-6;/h2-4H,1H3;/q-1;. The maximum atomic E-state index is 3.72. The second-order valence-corrected chi connectivity index (χ2v) is 1.46. The van der Waals surface area contributed by atoms with E-state index in [2.05, 4.69) is 11.2 Å². The average Bonchev–Trinajstić information content (AvgIpc) is 1.69. The van der Waals surface area contributed by atoms with Crippen LogP contribution in [0.4, 0.5) is 0 Å². The molecule has 0 atom stereocenters. The summed E-state index contributed by atoms with van der Waals surface area (Å²) in [5, 5.41) is 0. The van der Waals surface area contributed by atoms with Gasteiger partial charge < -0.3 is 4.98 Å². The van der Waals surface area contributed by atoms with Gasteiger partial charge in [0.05, 0.1) is 0 Å². The maximum absolute atomic E-state index is 3.72. The van der Waals surface area contributed by atoms with Crippen molar-refractivity contribution >= 4 is 0 Å². The zero-order valence-corrected chi connectivity index (χ0v) is 6.15. The fraction of sp³-hybridized carbons (Fsp3) is 0.167. The minimum absolute atomic E-state index is 0. The van der Waals surface area contributed by atoms with Gasteiger partial charge in [-0.2, -0.15) is 17.7 Å². The van der Waals surface area contributed by atoms with Crippen LogP contribution < -0.4 is 0 Å². The molecule has 1 nitrogen and oxygen atoms in total. The topological polar surface area (TPSA) is 12.9 Å². The van der Waals surface area contributed by atoms with E-state index in [0.29, 0.717) is 0 Å². The van der Waals surface area contributed by atoms with Gasteiger partial charge in [-0.1, -0.05) is 19.3 Å². The Bertz CT molecular complexity index is 138. The number of aromatic nitrogens is 1.